The molecule has 0 saturated carbocycles. The van der Waals surface area contributed by atoms with Gasteiger partial charge in [-0.05, 0) is 54.9 Å². The Hall–Kier alpha value is -0.580. The van der Waals surface area contributed by atoms with Crippen molar-refractivity contribution in [2.24, 2.45) is 5.92 Å². The zero-order valence-corrected chi connectivity index (χ0v) is 13.7. The summed E-state index contributed by atoms with van der Waals surface area (Å²) < 4.78 is 0.845. The third-order valence-electron chi connectivity index (χ3n) is 3.39. The molecule has 1 heterocycles. The second kappa shape index (κ2) is 5.43. The quantitative estimate of drug-likeness (QED) is 0.885. The summed E-state index contributed by atoms with van der Waals surface area (Å²) in [5, 5.41) is 3.54. The largest absolute Gasteiger partial charge is 0.325 e. The lowest BCUT2D eigenvalue weighted by molar-refractivity contribution is -0.127. The molecule has 0 radical (unpaired) electrons. The van der Waals surface area contributed by atoms with Crippen LogP contribution in [0.15, 0.2) is 22.7 Å². The smallest absolute Gasteiger partial charge is 0.230 e. The summed E-state index contributed by atoms with van der Waals surface area (Å²) in [5.41, 5.74) is 0.861. The van der Waals surface area contributed by atoms with Gasteiger partial charge in [0.15, 0.2) is 0 Å². The highest BCUT2D eigenvalue weighted by Crippen LogP contribution is 2.29. The van der Waals surface area contributed by atoms with Crippen LogP contribution in [0.3, 0.4) is 0 Å². The maximum Gasteiger partial charge on any atom is 0.230 e. The van der Waals surface area contributed by atoms with Crippen molar-refractivity contribution in [3.63, 3.8) is 0 Å². The minimum Gasteiger partial charge on any atom is -0.325 e. The van der Waals surface area contributed by atoms with Gasteiger partial charge in [-0.25, -0.2) is 0 Å². The van der Waals surface area contributed by atoms with E-state index in [9.17, 15) is 4.79 Å². The van der Waals surface area contributed by atoms with Crippen molar-refractivity contribution in [3.05, 3.63) is 27.7 Å². The number of hydrogen-bond donors (Lipinski definition) is 1. The highest BCUT2D eigenvalue weighted by Gasteiger charge is 2.38. The number of carbonyl (C=O) groups is 1. The number of rotatable bonds is 2. The SMILES string of the molecule is CC(C)(C)N1CC(C(=O)Nc2cc(Cl)ccc2Br)C1. The molecule has 1 saturated heterocycles. The monoisotopic (exact) mass is 344 g/mol. The van der Waals surface area contributed by atoms with Crippen LogP contribution in [0.1, 0.15) is 20.8 Å². The Kier molecular flexibility index (Phi) is 4.23. The third-order valence-corrected chi connectivity index (χ3v) is 4.31. The Bertz CT molecular complexity index is 493. The van der Waals surface area contributed by atoms with Crippen molar-refractivity contribution in [1.29, 1.82) is 0 Å². The molecule has 1 aromatic rings. The highest BCUT2D eigenvalue weighted by atomic mass is 79.9. The van der Waals surface area contributed by atoms with E-state index in [0.717, 1.165) is 23.2 Å². The van der Waals surface area contributed by atoms with E-state index >= 15 is 0 Å². The number of nitrogens with zero attached hydrogens (tertiary/aromatic N) is 1. The van der Waals surface area contributed by atoms with E-state index in [1.807, 2.05) is 6.07 Å². The van der Waals surface area contributed by atoms with Gasteiger partial charge in [-0.3, -0.25) is 9.69 Å². The first-order chi connectivity index (χ1) is 8.77. The van der Waals surface area contributed by atoms with Gasteiger partial charge in [0.2, 0.25) is 5.91 Å². The molecule has 0 aliphatic carbocycles. The molecule has 1 amide bonds. The van der Waals surface area contributed by atoms with Gasteiger partial charge >= 0.3 is 0 Å². The lowest BCUT2D eigenvalue weighted by Crippen LogP contribution is -2.59. The number of carbonyl (C=O) groups excluding carboxylic acids is 1. The summed E-state index contributed by atoms with van der Waals surface area (Å²) in [6, 6.07) is 5.37. The van der Waals surface area contributed by atoms with Crippen molar-refractivity contribution < 1.29 is 4.79 Å². The second-order valence-corrected chi connectivity index (χ2v) is 7.18. The molecule has 0 spiro atoms. The molecule has 2 rings (SSSR count). The molecule has 1 aliphatic heterocycles. The fourth-order valence-corrected chi connectivity index (χ4v) is 2.54. The summed E-state index contributed by atoms with van der Waals surface area (Å²) in [4.78, 5) is 14.4. The normalized spacial score (nSPS) is 17.1. The zero-order valence-electron chi connectivity index (χ0n) is 11.3. The fraction of sp³-hybridized carbons (Fsp3) is 0.500. The van der Waals surface area contributed by atoms with Gasteiger partial charge in [0.05, 0.1) is 11.6 Å². The summed E-state index contributed by atoms with van der Waals surface area (Å²) >= 11 is 9.34. The van der Waals surface area contributed by atoms with E-state index < -0.39 is 0 Å². The van der Waals surface area contributed by atoms with Crippen LogP contribution in [-0.4, -0.2) is 29.4 Å². The summed E-state index contributed by atoms with van der Waals surface area (Å²) in [6.07, 6.45) is 0. The van der Waals surface area contributed by atoms with E-state index in [0.29, 0.717) is 5.02 Å². The molecule has 0 bridgehead atoms. The van der Waals surface area contributed by atoms with E-state index in [2.05, 4.69) is 46.9 Å². The average Bonchev–Trinajstić information content (AvgIpc) is 2.19. The highest BCUT2D eigenvalue weighted by molar-refractivity contribution is 9.10. The van der Waals surface area contributed by atoms with Crippen LogP contribution < -0.4 is 5.32 Å². The molecule has 0 unspecified atom stereocenters. The number of hydrogen-bond acceptors (Lipinski definition) is 2. The predicted octanol–water partition coefficient (Wildman–Crippen LogP) is 3.77. The molecule has 5 heteroatoms. The Morgan fingerprint density at radius 3 is 2.63 bits per heavy atom. The van der Waals surface area contributed by atoms with E-state index in [4.69, 9.17) is 11.6 Å². The zero-order chi connectivity index (χ0) is 14.2. The summed E-state index contributed by atoms with van der Waals surface area (Å²) in [6.45, 7) is 8.11. The lowest BCUT2D eigenvalue weighted by atomic mass is 9.92. The molecule has 1 aromatic carbocycles. The van der Waals surface area contributed by atoms with Crippen LogP contribution >= 0.6 is 27.5 Å². The van der Waals surface area contributed by atoms with Crippen molar-refractivity contribution >= 4 is 39.1 Å². The molecule has 19 heavy (non-hydrogen) atoms. The maximum absolute atomic E-state index is 12.1. The van der Waals surface area contributed by atoms with E-state index in [-0.39, 0.29) is 17.4 Å². The molecular formula is C14H18BrClN2O. The Morgan fingerprint density at radius 1 is 1.42 bits per heavy atom. The number of halogens is 2. The molecule has 3 nitrogen and oxygen atoms in total. The Labute approximate surface area is 127 Å². The van der Waals surface area contributed by atoms with Crippen LogP contribution in [0, 0.1) is 5.92 Å². The van der Waals surface area contributed by atoms with E-state index in [1.165, 1.54) is 0 Å². The lowest BCUT2D eigenvalue weighted by Gasteiger charge is -2.46. The van der Waals surface area contributed by atoms with Crippen molar-refractivity contribution in [2.75, 3.05) is 18.4 Å². The number of likely N-dealkylation sites (tertiary alicyclic amines) is 1. The number of anilines is 1. The predicted molar refractivity (Wildman–Crippen MR) is 82.6 cm³/mol. The van der Waals surface area contributed by atoms with Gasteiger partial charge in [0.25, 0.3) is 0 Å². The number of amides is 1. The topological polar surface area (TPSA) is 32.3 Å². The second-order valence-electron chi connectivity index (χ2n) is 5.89. The molecule has 0 aromatic heterocycles. The third kappa shape index (κ3) is 3.50. The molecule has 104 valence electrons. The van der Waals surface area contributed by atoms with Crippen molar-refractivity contribution in [2.45, 2.75) is 26.3 Å². The van der Waals surface area contributed by atoms with Gasteiger partial charge < -0.3 is 5.32 Å². The van der Waals surface area contributed by atoms with Gasteiger partial charge in [0.1, 0.15) is 0 Å². The van der Waals surface area contributed by atoms with Crippen LogP contribution in [0.25, 0.3) is 0 Å². The minimum atomic E-state index is 0.0588. The number of benzene rings is 1. The molecule has 0 atom stereocenters. The summed E-state index contributed by atoms with van der Waals surface area (Å²) in [5.74, 6) is 0.119. The Morgan fingerprint density at radius 2 is 2.05 bits per heavy atom. The van der Waals surface area contributed by atoms with Crippen LogP contribution in [0.4, 0.5) is 5.69 Å². The molecule has 1 aliphatic rings. The van der Waals surface area contributed by atoms with Crippen molar-refractivity contribution in [3.8, 4) is 0 Å². The van der Waals surface area contributed by atoms with Gasteiger partial charge in [0, 0.05) is 28.1 Å². The molecular weight excluding hydrogens is 328 g/mol. The average molecular weight is 346 g/mol. The first-order valence-corrected chi connectivity index (χ1v) is 7.45. The van der Waals surface area contributed by atoms with Crippen molar-refractivity contribution in [1.82, 2.24) is 4.90 Å². The minimum absolute atomic E-state index is 0.0588. The van der Waals surface area contributed by atoms with Gasteiger partial charge in [-0.15, -0.1) is 0 Å². The van der Waals surface area contributed by atoms with Crippen LogP contribution in [-0.2, 0) is 4.79 Å². The maximum atomic E-state index is 12.1. The van der Waals surface area contributed by atoms with Gasteiger partial charge in [-0.2, -0.15) is 0 Å². The van der Waals surface area contributed by atoms with Gasteiger partial charge in [-0.1, -0.05) is 11.6 Å². The molecule has 1 N–H and O–H groups in total. The van der Waals surface area contributed by atoms with Crippen LogP contribution in [0.5, 0.6) is 0 Å². The summed E-state index contributed by atoms with van der Waals surface area (Å²) in [7, 11) is 0. The first kappa shape index (κ1) is 14.8. The number of nitrogens with one attached hydrogen (secondary N) is 1. The van der Waals surface area contributed by atoms with Crippen LogP contribution in [0.2, 0.25) is 5.02 Å². The first-order valence-electron chi connectivity index (χ1n) is 6.28. The standard InChI is InChI=1S/C14H18BrClN2O/c1-14(2,3)18-7-9(8-18)13(19)17-12-6-10(16)4-5-11(12)15/h4-6,9H,7-8H2,1-3H3,(H,17,19). The fourth-order valence-electron chi connectivity index (χ4n) is 2.02. The van der Waals surface area contributed by atoms with E-state index in [1.54, 1.807) is 12.1 Å². The molecule has 1 fully saturated rings. The Balaban J connectivity index is 1.95.